The third kappa shape index (κ3) is 3.48. The van der Waals surface area contributed by atoms with E-state index in [-0.39, 0.29) is 27.6 Å². The molecule has 2 heterocycles. The standard InChI is InChI=1S/C22H16N2O5S/c1-2-13-7-9-14(10-8-13)18(25)23-19-17(11-12-30-19)22(28)29-24-20(26)15-5-3-4-6-16(15)21(24)27/h3-12H,2H2,1H3,(H,23,25). The second-order valence-electron chi connectivity index (χ2n) is 6.50. The number of carbonyl (C=O) groups is 4. The normalized spacial score (nSPS) is 12.6. The molecular formula is C22H16N2O5S. The molecule has 30 heavy (non-hydrogen) atoms. The van der Waals surface area contributed by atoms with Gasteiger partial charge in [-0.25, -0.2) is 4.79 Å². The summed E-state index contributed by atoms with van der Waals surface area (Å²) in [6.07, 6.45) is 0.862. The summed E-state index contributed by atoms with van der Waals surface area (Å²) in [5, 5.41) is 5.00. The van der Waals surface area contributed by atoms with Crippen LogP contribution in [0.25, 0.3) is 0 Å². The number of hydroxylamine groups is 2. The van der Waals surface area contributed by atoms with Crippen LogP contribution in [0, 0.1) is 0 Å². The molecule has 8 heteroatoms. The van der Waals surface area contributed by atoms with E-state index in [0.29, 0.717) is 10.6 Å². The SMILES string of the molecule is CCc1ccc(C(=O)Nc2sccc2C(=O)ON2C(=O)c3ccccc3C2=O)cc1. The van der Waals surface area contributed by atoms with Crippen molar-refractivity contribution in [3.63, 3.8) is 0 Å². The number of thiophene rings is 1. The maximum Gasteiger partial charge on any atom is 0.366 e. The molecule has 150 valence electrons. The van der Waals surface area contributed by atoms with Crippen molar-refractivity contribution >= 4 is 40.0 Å². The largest absolute Gasteiger partial charge is 0.366 e. The molecule has 1 aromatic heterocycles. The van der Waals surface area contributed by atoms with E-state index in [0.717, 1.165) is 23.3 Å². The Balaban J connectivity index is 1.49. The molecule has 0 bridgehead atoms. The molecule has 0 aliphatic carbocycles. The first-order chi connectivity index (χ1) is 14.5. The lowest BCUT2D eigenvalue weighted by atomic mass is 10.1. The highest BCUT2D eigenvalue weighted by atomic mass is 32.1. The van der Waals surface area contributed by atoms with E-state index in [4.69, 9.17) is 4.84 Å². The molecule has 1 aliphatic heterocycles. The Morgan fingerprint density at radius 3 is 2.20 bits per heavy atom. The number of hydrogen-bond donors (Lipinski definition) is 1. The van der Waals surface area contributed by atoms with E-state index in [1.807, 2.05) is 19.1 Å². The number of imide groups is 1. The Kier molecular flexibility index (Phi) is 5.16. The number of fused-ring (bicyclic) bond motifs is 1. The molecule has 0 saturated heterocycles. The van der Waals surface area contributed by atoms with Gasteiger partial charge in [-0.2, -0.15) is 0 Å². The molecule has 0 saturated carbocycles. The van der Waals surface area contributed by atoms with Gasteiger partial charge in [0.15, 0.2) is 0 Å². The van der Waals surface area contributed by atoms with Gasteiger partial charge in [0.25, 0.3) is 17.7 Å². The number of rotatable bonds is 5. The number of hydrogen-bond acceptors (Lipinski definition) is 6. The van der Waals surface area contributed by atoms with Crippen LogP contribution in [0.4, 0.5) is 5.00 Å². The first-order valence-corrected chi connectivity index (χ1v) is 10.1. The van der Waals surface area contributed by atoms with E-state index < -0.39 is 17.8 Å². The van der Waals surface area contributed by atoms with Crippen LogP contribution in [0.1, 0.15) is 53.9 Å². The summed E-state index contributed by atoms with van der Waals surface area (Å²) < 4.78 is 0. The zero-order valence-corrected chi connectivity index (χ0v) is 16.7. The highest BCUT2D eigenvalue weighted by Gasteiger charge is 2.39. The summed E-state index contributed by atoms with van der Waals surface area (Å²) >= 11 is 1.13. The molecule has 2 aromatic carbocycles. The van der Waals surface area contributed by atoms with Crippen LogP contribution in [-0.4, -0.2) is 28.8 Å². The molecular weight excluding hydrogens is 404 g/mol. The van der Waals surface area contributed by atoms with Crippen LogP contribution in [0.15, 0.2) is 60.0 Å². The first kappa shape index (κ1) is 19.5. The highest BCUT2D eigenvalue weighted by Crippen LogP contribution is 2.28. The number of anilines is 1. The van der Waals surface area contributed by atoms with Crippen molar-refractivity contribution < 1.29 is 24.0 Å². The number of amides is 3. The molecule has 4 rings (SSSR count). The maximum absolute atomic E-state index is 12.6. The summed E-state index contributed by atoms with van der Waals surface area (Å²) in [5.74, 6) is -2.71. The molecule has 0 unspecified atom stereocenters. The fourth-order valence-electron chi connectivity index (χ4n) is 3.02. The van der Waals surface area contributed by atoms with Gasteiger partial charge in [0, 0.05) is 5.56 Å². The molecule has 0 spiro atoms. The van der Waals surface area contributed by atoms with Crippen molar-refractivity contribution in [2.24, 2.45) is 0 Å². The Hall–Kier alpha value is -3.78. The molecule has 7 nitrogen and oxygen atoms in total. The Morgan fingerprint density at radius 2 is 1.60 bits per heavy atom. The third-order valence-electron chi connectivity index (χ3n) is 4.67. The van der Waals surface area contributed by atoms with Crippen molar-refractivity contribution in [1.82, 2.24) is 5.06 Å². The smallest absolute Gasteiger partial charge is 0.324 e. The monoisotopic (exact) mass is 420 g/mol. The molecule has 1 N–H and O–H groups in total. The first-order valence-electron chi connectivity index (χ1n) is 9.17. The van der Waals surface area contributed by atoms with E-state index in [1.165, 1.54) is 18.2 Å². The number of carbonyl (C=O) groups excluding carboxylic acids is 4. The molecule has 0 radical (unpaired) electrons. The zero-order chi connectivity index (χ0) is 21.3. The van der Waals surface area contributed by atoms with Gasteiger partial charge in [0.1, 0.15) is 5.00 Å². The van der Waals surface area contributed by atoms with Gasteiger partial charge in [-0.05, 0) is 47.7 Å². The topological polar surface area (TPSA) is 92.8 Å². The van der Waals surface area contributed by atoms with Crippen LogP contribution in [-0.2, 0) is 11.3 Å². The molecule has 3 aromatic rings. The van der Waals surface area contributed by atoms with Crippen molar-refractivity contribution in [2.45, 2.75) is 13.3 Å². The average molecular weight is 420 g/mol. The van der Waals surface area contributed by atoms with Crippen molar-refractivity contribution in [1.29, 1.82) is 0 Å². The van der Waals surface area contributed by atoms with Crippen LogP contribution in [0.5, 0.6) is 0 Å². The zero-order valence-electron chi connectivity index (χ0n) is 15.9. The van der Waals surface area contributed by atoms with Crippen molar-refractivity contribution in [2.75, 3.05) is 5.32 Å². The summed E-state index contributed by atoms with van der Waals surface area (Å²) in [6.45, 7) is 2.02. The summed E-state index contributed by atoms with van der Waals surface area (Å²) in [4.78, 5) is 54.9. The molecule has 1 aliphatic rings. The molecule has 0 fully saturated rings. The average Bonchev–Trinajstić information content (AvgIpc) is 3.32. The minimum Gasteiger partial charge on any atom is -0.324 e. The minimum absolute atomic E-state index is 0.0510. The second-order valence-corrected chi connectivity index (χ2v) is 7.41. The van der Waals surface area contributed by atoms with Crippen LogP contribution in [0.2, 0.25) is 0 Å². The Labute approximate surface area is 175 Å². The predicted molar refractivity (Wildman–Crippen MR) is 110 cm³/mol. The van der Waals surface area contributed by atoms with Crippen LogP contribution in [0.3, 0.4) is 0 Å². The van der Waals surface area contributed by atoms with Crippen LogP contribution >= 0.6 is 11.3 Å². The third-order valence-corrected chi connectivity index (χ3v) is 5.50. The minimum atomic E-state index is -0.914. The quantitative estimate of drug-likeness (QED) is 0.632. The van der Waals surface area contributed by atoms with Gasteiger partial charge in [-0.3, -0.25) is 14.4 Å². The van der Waals surface area contributed by atoms with Gasteiger partial charge < -0.3 is 10.2 Å². The van der Waals surface area contributed by atoms with Gasteiger partial charge in [0.05, 0.1) is 16.7 Å². The van der Waals surface area contributed by atoms with E-state index in [9.17, 15) is 19.2 Å². The number of nitrogens with one attached hydrogen (secondary N) is 1. The second kappa shape index (κ2) is 7.92. The number of aryl methyl sites for hydroxylation is 1. The van der Waals surface area contributed by atoms with Crippen molar-refractivity contribution in [3.05, 3.63) is 87.8 Å². The van der Waals surface area contributed by atoms with Crippen LogP contribution < -0.4 is 5.32 Å². The fourth-order valence-corrected chi connectivity index (χ4v) is 3.79. The Morgan fingerprint density at radius 1 is 0.967 bits per heavy atom. The number of benzene rings is 2. The highest BCUT2D eigenvalue weighted by molar-refractivity contribution is 7.14. The molecule has 0 atom stereocenters. The molecule has 3 amide bonds. The van der Waals surface area contributed by atoms with Gasteiger partial charge >= 0.3 is 5.97 Å². The number of nitrogens with zero attached hydrogens (tertiary/aromatic N) is 1. The van der Waals surface area contributed by atoms with Gasteiger partial charge in [-0.1, -0.05) is 36.3 Å². The van der Waals surface area contributed by atoms with Gasteiger partial charge in [-0.15, -0.1) is 11.3 Å². The lowest BCUT2D eigenvalue weighted by Gasteiger charge is -2.13. The summed E-state index contributed by atoms with van der Waals surface area (Å²) in [6, 6.07) is 14.8. The van der Waals surface area contributed by atoms with E-state index >= 15 is 0 Å². The summed E-state index contributed by atoms with van der Waals surface area (Å²) in [7, 11) is 0. The Bertz CT molecular complexity index is 1130. The maximum atomic E-state index is 12.6. The lowest BCUT2D eigenvalue weighted by molar-refractivity contribution is -0.0583. The summed E-state index contributed by atoms with van der Waals surface area (Å²) in [5.41, 5.74) is 1.94. The van der Waals surface area contributed by atoms with Gasteiger partial charge in [0.2, 0.25) is 0 Å². The lowest BCUT2D eigenvalue weighted by Crippen LogP contribution is -2.32. The van der Waals surface area contributed by atoms with Crippen molar-refractivity contribution in [3.8, 4) is 0 Å². The fraction of sp³-hybridized carbons (Fsp3) is 0.0909. The van der Waals surface area contributed by atoms with E-state index in [2.05, 4.69) is 5.32 Å². The van der Waals surface area contributed by atoms with E-state index in [1.54, 1.807) is 29.6 Å². The predicted octanol–water partition coefficient (Wildman–Crippen LogP) is 3.93.